The second kappa shape index (κ2) is 9.99. The highest BCUT2D eigenvalue weighted by Crippen LogP contribution is 2.18. The number of carbonyl (C=O) groups excluding carboxylic acids is 2. The van der Waals surface area contributed by atoms with E-state index in [1.165, 1.54) is 0 Å². The van der Waals surface area contributed by atoms with Gasteiger partial charge < -0.3 is 10.2 Å². The summed E-state index contributed by atoms with van der Waals surface area (Å²) in [6.07, 6.45) is 0.912. The minimum absolute atomic E-state index is 0.00423. The summed E-state index contributed by atoms with van der Waals surface area (Å²) in [6, 6.07) is 8.16. The number of aryl methyl sites for hydroxylation is 1. The van der Waals surface area contributed by atoms with Crippen LogP contribution in [0.4, 0.5) is 0 Å². The second-order valence-electron chi connectivity index (χ2n) is 7.84. The van der Waals surface area contributed by atoms with Gasteiger partial charge in [0.25, 0.3) is 0 Å². The lowest BCUT2D eigenvalue weighted by molar-refractivity contribution is -0.133. The Morgan fingerprint density at radius 2 is 1.83 bits per heavy atom. The van der Waals surface area contributed by atoms with Crippen LogP contribution in [0.25, 0.3) is 11.4 Å². The Bertz CT molecular complexity index is 928. The van der Waals surface area contributed by atoms with Crippen molar-refractivity contribution in [3.63, 3.8) is 0 Å². The largest absolute Gasteiger partial charge is 0.353 e. The lowest BCUT2D eigenvalue weighted by Crippen LogP contribution is -2.52. The van der Waals surface area contributed by atoms with Crippen molar-refractivity contribution in [1.29, 1.82) is 0 Å². The zero-order valence-electron chi connectivity index (χ0n) is 17.9. The number of aromatic nitrogens is 3. The van der Waals surface area contributed by atoms with Crippen LogP contribution in [0.2, 0.25) is 0 Å². The highest BCUT2D eigenvalue weighted by Gasteiger charge is 2.24. The molecule has 0 bridgehead atoms. The first-order valence-electron chi connectivity index (χ1n) is 10.4. The van der Waals surface area contributed by atoms with Crippen LogP contribution >= 0.6 is 12.2 Å². The molecular weight excluding hydrogens is 400 g/mol. The van der Waals surface area contributed by atoms with E-state index >= 15 is 0 Å². The van der Waals surface area contributed by atoms with Crippen molar-refractivity contribution >= 4 is 24.0 Å². The molecule has 2 aromatic rings. The molecule has 2 amide bonds. The molecule has 1 unspecified atom stereocenters. The molecule has 1 aliphatic rings. The number of H-pyrrole nitrogens is 1. The van der Waals surface area contributed by atoms with Gasteiger partial charge in [-0.25, -0.2) is 0 Å². The number of aromatic amines is 1. The molecule has 9 heteroatoms. The Labute approximate surface area is 182 Å². The zero-order chi connectivity index (χ0) is 21.7. The number of piperazine rings is 1. The standard InChI is InChI=1S/C21H30N6O2S/c1-4-16(3)22-18(28)13-25-9-11-26(12-10-25)19(29)14-27-20(23-24-21(27)30)17-7-5-15(2)6-8-17/h5-8,16H,4,9-14H2,1-3H3,(H,22,28)(H,24,30). The Kier molecular flexibility index (Phi) is 7.38. The van der Waals surface area contributed by atoms with Crippen LogP contribution in [0.3, 0.4) is 0 Å². The minimum atomic E-state index is 0.00423. The summed E-state index contributed by atoms with van der Waals surface area (Å²) in [5.41, 5.74) is 2.07. The lowest BCUT2D eigenvalue weighted by Gasteiger charge is -2.34. The summed E-state index contributed by atoms with van der Waals surface area (Å²) in [7, 11) is 0. The maximum atomic E-state index is 12.9. The number of carbonyl (C=O) groups is 2. The summed E-state index contributed by atoms with van der Waals surface area (Å²) in [5.74, 6) is 0.704. The van der Waals surface area contributed by atoms with Crippen molar-refractivity contribution < 1.29 is 9.59 Å². The van der Waals surface area contributed by atoms with Crippen LogP contribution in [0.5, 0.6) is 0 Å². The van der Waals surface area contributed by atoms with E-state index in [2.05, 4.69) is 20.4 Å². The quantitative estimate of drug-likeness (QED) is 0.656. The molecule has 1 aromatic carbocycles. The molecule has 1 fully saturated rings. The van der Waals surface area contributed by atoms with Gasteiger partial charge in [-0.3, -0.25) is 24.2 Å². The number of hydrogen-bond acceptors (Lipinski definition) is 5. The SMILES string of the molecule is CCC(C)NC(=O)CN1CCN(C(=O)Cn2c(-c3ccc(C)cc3)n[nH]c2=S)CC1. The predicted octanol–water partition coefficient (Wildman–Crippen LogP) is 1.98. The van der Waals surface area contributed by atoms with Gasteiger partial charge in [0.2, 0.25) is 11.8 Å². The molecule has 2 heterocycles. The van der Waals surface area contributed by atoms with Crippen LogP contribution in [0.15, 0.2) is 24.3 Å². The molecule has 3 rings (SSSR count). The lowest BCUT2D eigenvalue weighted by atomic mass is 10.1. The fraction of sp³-hybridized carbons (Fsp3) is 0.524. The third kappa shape index (κ3) is 5.54. The van der Waals surface area contributed by atoms with E-state index in [0.29, 0.717) is 43.3 Å². The monoisotopic (exact) mass is 430 g/mol. The van der Waals surface area contributed by atoms with Crippen LogP contribution in [-0.4, -0.2) is 75.1 Å². The Morgan fingerprint density at radius 3 is 2.47 bits per heavy atom. The first-order valence-corrected chi connectivity index (χ1v) is 10.8. The van der Waals surface area contributed by atoms with Crippen molar-refractivity contribution in [2.75, 3.05) is 32.7 Å². The average Bonchev–Trinajstić information content (AvgIpc) is 3.09. The molecule has 1 saturated heterocycles. The summed E-state index contributed by atoms with van der Waals surface area (Å²) >= 11 is 5.35. The third-order valence-electron chi connectivity index (χ3n) is 5.47. The van der Waals surface area contributed by atoms with Crippen molar-refractivity contribution in [2.45, 2.75) is 39.8 Å². The van der Waals surface area contributed by atoms with Gasteiger partial charge in [0.15, 0.2) is 10.6 Å². The topological polar surface area (TPSA) is 86.3 Å². The number of amides is 2. The van der Waals surface area contributed by atoms with Gasteiger partial charge in [-0.2, -0.15) is 5.10 Å². The number of nitrogens with zero attached hydrogens (tertiary/aromatic N) is 4. The third-order valence-corrected chi connectivity index (χ3v) is 5.79. The average molecular weight is 431 g/mol. The fourth-order valence-electron chi connectivity index (χ4n) is 3.40. The van der Waals surface area contributed by atoms with Gasteiger partial charge in [0.05, 0.1) is 6.54 Å². The van der Waals surface area contributed by atoms with Crippen molar-refractivity contribution in [1.82, 2.24) is 29.9 Å². The van der Waals surface area contributed by atoms with Gasteiger partial charge in [-0.1, -0.05) is 36.8 Å². The maximum Gasteiger partial charge on any atom is 0.242 e. The molecule has 1 atom stereocenters. The highest BCUT2D eigenvalue weighted by molar-refractivity contribution is 7.71. The summed E-state index contributed by atoms with van der Waals surface area (Å²) < 4.78 is 2.17. The summed E-state index contributed by atoms with van der Waals surface area (Å²) in [4.78, 5) is 28.9. The van der Waals surface area contributed by atoms with E-state index in [9.17, 15) is 9.59 Å². The van der Waals surface area contributed by atoms with E-state index in [1.54, 1.807) is 4.57 Å². The second-order valence-corrected chi connectivity index (χ2v) is 8.22. The van der Waals surface area contributed by atoms with Crippen LogP contribution in [0, 0.1) is 11.7 Å². The molecule has 30 heavy (non-hydrogen) atoms. The number of benzene rings is 1. The van der Waals surface area contributed by atoms with Gasteiger partial charge in [-0.15, -0.1) is 0 Å². The normalized spacial score (nSPS) is 15.8. The van der Waals surface area contributed by atoms with Crippen molar-refractivity contribution in [3.05, 3.63) is 34.6 Å². The van der Waals surface area contributed by atoms with Gasteiger partial charge in [0, 0.05) is 37.8 Å². The van der Waals surface area contributed by atoms with E-state index in [0.717, 1.165) is 17.5 Å². The molecule has 2 N–H and O–H groups in total. The summed E-state index contributed by atoms with van der Waals surface area (Å²) in [5, 5.41) is 10.1. The van der Waals surface area contributed by atoms with Gasteiger partial charge >= 0.3 is 0 Å². The number of rotatable bonds is 7. The van der Waals surface area contributed by atoms with Gasteiger partial charge in [-0.05, 0) is 32.5 Å². The molecule has 1 aliphatic heterocycles. The van der Waals surface area contributed by atoms with Crippen molar-refractivity contribution in [2.24, 2.45) is 0 Å². The Morgan fingerprint density at radius 1 is 1.17 bits per heavy atom. The van der Waals surface area contributed by atoms with Crippen LogP contribution < -0.4 is 5.32 Å². The molecule has 162 valence electrons. The number of hydrogen-bond donors (Lipinski definition) is 2. The molecule has 0 radical (unpaired) electrons. The van der Waals surface area contributed by atoms with Crippen LogP contribution in [0.1, 0.15) is 25.8 Å². The first kappa shape index (κ1) is 22.2. The predicted molar refractivity (Wildman–Crippen MR) is 119 cm³/mol. The molecule has 0 saturated carbocycles. The molecule has 0 aliphatic carbocycles. The molecule has 0 spiro atoms. The first-order chi connectivity index (χ1) is 14.4. The van der Waals surface area contributed by atoms with E-state index in [4.69, 9.17) is 12.2 Å². The van der Waals surface area contributed by atoms with Gasteiger partial charge in [0.1, 0.15) is 6.54 Å². The van der Waals surface area contributed by atoms with E-state index in [1.807, 2.05) is 49.9 Å². The maximum absolute atomic E-state index is 12.9. The zero-order valence-corrected chi connectivity index (χ0v) is 18.7. The highest BCUT2D eigenvalue weighted by atomic mass is 32.1. The molecule has 1 aromatic heterocycles. The smallest absolute Gasteiger partial charge is 0.242 e. The Hall–Kier alpha value is -2.52. The summed E-state index contributed by atoms with van der Waals surface area (Å²) in [6.45, 7) is 9.15. The van der Waals surface area contributed by atoms with Crippen LogP contribution in [-0.2, 0) is 16.1 Å². The molecule has 8 nitrogen and oxygen atoms in total. The van der Waals surface area contributed by atoms with E-state index in [-0.39, 0.29) is 24.4 Å². The minimum Gasteiger partial charge on any atom is -0.353 e. The Balaban J connectivity index is 1.57. The van der Waals surface area contributed by atoms with E-state index < -0.39 is 0 Å². The molecular formula is C21H30N6O2S. The fourth-order valence-corrected chi connectivity index (χ4v) is 3.60. The number of nitrogens with one attached hydrogen (secondary N) is 2. The van der Waals surface area contributed by atoms with Crippen molar-refractivity contribution in [3.8, 4) is 11.4 Å².